The predicted octanol–water partition coefficient (Wildman–Crippen LogP) is 3.35. The summed E-state index contributed by atoms with van der Waals surface area (Å²) in [5, 5.41) is 4.20. The normalized spacial score (nSPS) is 17.9. The topological polar surface area (TPSA) is 44.1 Å². The van der Waals surface area contributed by atoms with Crippen LogP contribution in [0.2, 0.25) is 0 Å². The van der Waals surface area contributed by atoms with Crippen molar-refractivity contribution in [2.75, 3.05) is 0 Å². The number of carbonyl (C=O) groups excluding carboxylic acids is 1. The number of ether oxygens (including phenoxy) is 1. The maximum absolute atomic E-state index is 12.3. The fourth-order valence-corrected chi connectivity index (χ4v) is 2.85. The number of allylic oxidation sites excluding steroid dienone is 1. The van der Waals surface area contributed by atoms with Crippen LogP contribution in [-0.4, -0.2) is 15.7 Å². The number of benzene rings is 1. The molecular weight excluding hydrogens is 276 g/mol. The Morgan fingerprint density at radius 1 is 1.32 bits per heavy atom. The van der Waals surface area contributed by atoms with Gasteiger partial charge < -0.3 is 4.74 Å². The second-order valence-electron chi connectivity index (χ2n) is 5.62. The van der Waals surface area contributed by atoms with Crippen LogP contribution in [0.1, 0.15) is 30.5 Å². The molecule has 1 atom stereocenters. The Balaban J connectivity index is 1.66. The second-order valence-corrected chi connectivity index (χ2v) is 5.62. The van der Waals surface area contributed by atoms with Crippen molar-refractivity contribution in [2.24, 2.45) is 13.0 Å². The number of rotatable bonds is 4. The first-order chi connectivity index (χ1) is 10.7. The van der Waals surface area contributed by atoms with E-state index < -0.39 is 0 Å². The summed E-state index contributed by atoms with van der Waals surface area (Å²) in [6.07, 6.45) is 6.68. The standard InChI is InChI=1S/C18H20N2O2/c1-20-17(10-11-19-20)15-8-5-9-16(12-15)18(21)22-13-14-6-3-2-4-7-14/h2-4,6-7,10-12,16H,5,8-9,13H2,1H3. The van der Waals surface area contributed by atoms with E-state index in [2.05, 4.69) is 5.10 Å². The molecule has 1 heterocycles. The van der Waals surface area contributed by atoms with Gasteiger partial charge in [0, 0.05) is 13.2 Å². The van der Waals surface area contributed by atoms with E-state index >= 15 is 0 Å². The smallest absolute Gasteiger partial charge is 0.313 e. The fourth-order valence-electron chi connectivity index (χ4n) is 2.85. The van der Waals surface area contributed by atoms with Crippen LogP contribution in [0.4, 0.5) is 0 Å². The van der Waals surface area contributed by atoms with E-state index in [0.29, 0.717) is 6.61 Å². The first kappa shape index (κ1) is 14.6. The highest BCUT2D eigenvalue weighted by Crippen LogP contribution is 2.30. The third kappa shape index (κ3) is 3.27. The van der Waals surface area contributed by atoms with Gasteiger partial charge in [-0.05, 0) is 36.5 Å². The zero-order valence-electron chi connectivity index (χ0n) is 12.7. The molecule has 114 valence electrons. The Morgan fingerprint density at radius 3 is 2.86 bits per heavy atom. The van der Waals surface area contributed by atoms with Gasteiger partial charge in [0.1, 0.15) is 6.61 Å². The lowest BCUT2D eigenvalue weighted by Gasteiger charge is -2.20. The maximum atomic E-state index is 12.3. The van der Waals surface area contributed by atoms with Gasteiger partial charge >= 0.3 is 5.97 Å². The van der Waals surface area contributed by atoms with Gasteiger partial charge in [-0.1, -0.05) is 36.4 Å². The molecule has 1 aromatic carbocycles. The van der Waals surface area contributed by atoms with Crippen molar-refractivity contribution >= 4 is 11.5 Å². The number of esters is 1. The number of aryl methyl sites for hydroxylation is 1. The Bertz CT molecular complexity index is 673. The molecule has 1 aromatic heterocycles. The van der Waals surface area contributed by atoms with Gasteiger partial charge in [0.2, 0.25) is 0 Å². The van der Waals surface area contributed by atoms with Crippen molar-refractivity contribution in [3.8, 4) is 0 Å². The summed E-state index contributed by atoms with van der Waals surface area (Å²) in [6.45, 7) is 0.338. The number of nitrogens with zero attached hydrogens (tertiary/aromatic N) is 2. The van der Waals surface area contributed by atoms with E-state index in [0.717, 1.165) is 30.5 Å². The Kier molecular flexibility index (Phi) is 4.37. The van der Waals surface area contributed by atoms with E-state index in [1.54, 1.807) is 6.20 Å². The zero-order chi connectivity index (χ0) is 15.4. The van der Waals surface area contributed by atoms with Crippen molar-refractivity contribution in [1.82, 2.24) is 9.78 Å². The number of carbonyl (C=O) groups is 1. The minimum atomic E-state index is -0.151. The van der Waals surface area contributed by atoms with E-state index in [1.807, 2.05) is 54.2 Å². The van der Waals surface area contributed by atoms with Crippen LogP contribution in [0.5, 0.6) is 0 Å². The first-order valence-electron chi connectivity index (χ1n) is 7.63. The number of hydrogen-bond acceptors (Lipinski definition) is 3. The minimum Gasteiger partial charge on any atom is -0.460 e. The quantitative estimate of drug-likeness (QED) is 0.813. The molecule has 0 fully saturated rings. The first-order valence-corrected chi connectivity index (χ1v) is 7.63. The molecule has 1 unspecified atom stereocenters. The van der Waals surface area contributed by atoms with Gasteiger partial charge in [-0.15, -0.1) is 0 Å². The van der Waals surface area contributed by atoms with Crippen LogP contribution in [0.15, 0.2) is 48.7 Å². The molecule has 1 aliphatic carbocycles. The second kappa shape index (κ2) is 6.60. The van der Waals surface area contributed by atoms with Crippen molar-refractivity contribution in [1.29, 1.82) is 0 Å². The molecule has 0 saturated heterocycles. The van der Waals surface area contributed by atoms with E-state index in [-0.39, 0.29) is 11.9 Å². The SMILES string of the molecule is Cn1nccc1C1=CC(C(=O)OCc2ccccc2)CCC1. The molecule has 0 spiro atoms. The van der Waals surface area contributed by atoms with E-state index in [9.17, 15) is 4.79 Å². The summed E-state index contributed by atoms with van der Waals surface area (Å²) in [4.78, 5) is 12.3. The van der Waals surface area contributed by atoms with Crippen LogP contribution < -0.4 is 0 Å². The molecule has 0 N–H and O–H groups in total. The van der Waals surface area contributed by atoms with Gasteiger partial charge in [0.25, 0.3) is 0 Å². The molecule has 4 nitrogen and oxygen atoms in total. The molecule has 0 bridgehead atoms. The van der Waals surface area contributed by atoms with Crippen LogP contribution in [-0.2, 0) is 23.2 Å². The summed E-state index contributed by atoms with van der Waals surface area (Å²) in [5.41, 5.74) is 3.29. The van der Waals surface area contributed by atoms with Gasteiger partial charge in [0.05, 0.1) is 11.6 Å². The highest BCUT2D eigenvalue weighted by molar-refractivity contribution is 5.78. The molecular formula is C18H20N2O2. The Hall–Kier alpha value is -2.36. The van der Waals surface area contributed by atoms with Crippen molar-refractivity contribution in [3.05, 3.63) is 59.9 Å². The molecule has 0 amide bonds. The third-order valence-electron chi connectivity index (χ3n) is 4.04. The number of hydrogen-bond donors (Lipinski definition) is 0. The van der Waals surface area contributed by atoms with Crippen molar-refractivity contribution in [2.45, 2.75) is 25.9 Å². The summed E-state index contributed by atoms with van der Waals surface area (Å²) in [6, 6.07) is 11.8. The molecule has 0 saturated carbocycles. The van der Waals surface area contributed by atoms with Crippen LogP contribution >= 0.6 is 0 Å². The van der Waals surface area contributed by atoms with Crippen LogP contribution in [0.25, 0.3) is 5.57 Å². The van der Waals surface area contributed by atoms with E-state index in [1.165, 1.54) is 5.57 Å². The highest BCUT2D eigenvalue weighted by Gasteiger charge is 2.23. The summed E-state index contributed by atoms with van der Waals surface area (Å²) in [7, 11) is 1.92. The maximum Gasteiger partial charge on any atom is 0.313 e. The lowest BCUT2D eigenvalue weighted by atomic mass is 9.89. The monoisotopic (exact) mass is 296 g/mol. The largest absolute Gasteiger partial charge is 0.460 e. The number of aromatic nitrogens is 2. The minimum absolute atomic E-state index is 0.136. The summed E-state index contributed by atoms with van der Waals surface area (Å²) >= 11 is 0. The van der Waals surface area contributed by atoms with Gasteiger partial charge in [-0.3, -0.25) is 9.48 Å². The lowest BCUT2D eigenvalue weighted by Crippen LogP contribution is -2.19. The molecule has 22 heavy (non-hydrogen) atoms. The van der Waals surface area contributed by atoms with Gasteiger partial charge in [0.15, 0.2) is 0 Å². The average molecular weight is 296 g/mol. The van der Waals surface area contributed by atoms with Gasteiger partial charge in [-0.2, -0.15) is 5.10 Å². The molecule has 3 rings (SSSR count). The van der Waals surface area contributed by atoms with E-state index in [4.69, 9.17) is 4.74 Å². The predicted molar refractivity (Wildman–Crippen MR) is 84.8 cm³/mol. The molecule has 1 aliphatic rings. The fraction of sp³-hybridized carbons (Fsp3) is 0.333. The Morgan fingerprint density at radius 2 is 2.14 bits per heavy atom. The average Bonchev–Trinajstić information content (AvgIpc) is 3.00. The molecule has 4 heteroatoms. The zero-order valence-corrected chi connectivity index (χ0v) is 12.7. The molecule has 0 aliphatic heterocycles. The summed E-state index contributed by atoms with van der Waals surface area (Å²) in [5.74, 6) is -0.286. The van der Waals surface area contributed by atoms with Crippen LogP contribution in [0, 0.1) is 5.92 Å². The molecule has 0 radical (unpaired) electrons. The highest BCUT2D eigenvalue weighted by atomic mass is 16.5. The van der Waals surface area contributed by atoms with Gasteiger partial charge in [-0.25, -0.2) is 0 Å². The van der Waals surface area contributed by atoms with Crippen molar-refractivity contribution in [3.63, 3.8) is 0 Å². The van der Waals surface area contributed by atoms with Crippen molar-refractivity contribution < 1.29 is 9.53 Å². The Labute approximate surface area is 130 Å². The summed E-state index contributed by atoms with van der Waals surface area (Å²) < 4.78 is 7.31. The lowest BCUT2D eigenvalue weighted by molar-refractivity contribution is -0.148. The third-order valence-corrected chi connectivity index (χ3v) is 4.04. The van der Waals surface area contributed by atoms with Crippen LogP contribution in [0.3, 0.4) is 0 Å². The molecule has 2 aromatic rings.